The van der Waals surface area contributed by atoms with Gasteiger partial charge in [0.15, 0.2) is 11.1 Å². The van der Waals surface area contributed by atoms with Gasteiger partial charge in [0.05, 0.1) is 10.6 Å². The van der Waals surface area contributed by atoms with E-state index in [1.807, 2.05) is 19.9 Å². The van der Waals surface area contributed by atoms with Crippen LogP contribution in [-0.4, -0.2) is 21.9 Å². The Labute approximate surface area is 92.4 Å². The van der Waals surface area contributed by atoms with E-state index >= 15 is 0 Å². The van der Waals surface area contributed by atoms with Crippen molar-refractivity contribution < 1.29 is 8.76 Å². The predicted octanol–water partition coefficient (Wildman–Crippen LogP) is 1.70. The van der Waals surface area contributed by atoms with E-state index in [9.17, 15) is 4.21 Å². The first-order chi connectivity index (χ1) is 7.10. The van der Waals surface area contributed by atoms with E-state index in [0.29, 0.717) is 5.69 Å². The van der Waals surface area contributed by atoms with Crippen LogP contribution in [0.3, 0.4) is 0 Å². The summed E-state index contributed by atoms with van der Waals surface area (Å²) >= 11 is -2.02. The van der Waals surface area contributed by atoms with Crippen molar-refractivity contribution in [2.45, 2.75) is 18.7 Å². The van der Waals surface area contributed by atoms with Gasteiger partial charge in [0.2, 0.25) is 0 Å². The summed E-state index contributed by atoms with van der Waals surface area (Å²) in [6, 6.07) is 5.19. The third-order valence-corrected chi connectivity index (χ3v) is 3.04. The van der Waals surface area contributed by atoms with Gasteiger partial charge in [-0.05, 0) is 32.0 Å². The summed E-state index contributed by atoms with van der Waals surface area (Å²) in [5, 5.41) is 0. The molecule has 5 heteroatoms. The van der Waals surface area contributed by atoms with Gasteiger partial charge in [-0.15, -0.1) is 0 Å². The Balaban J connectivity index is 3.11. The predicted molar refractivity (Wildman–Crippen MR) is 63.5 cm³/mol. The molecule has 4 nitrogen and oxygen atoms in total. The Morgan fingerprint density at radius 2 is 2.00 bits per heavy atom. The second-order valence-corrected chi connectivity index (χ2v) is 4.08. The minimum Gasteiger partial charge on any atom is -0.398 e. The lowest BCUT2D eigenvalue weighted by molar-refractivity contribution is 0.565. The van der Waals surface area contributed by atoms with Gasteiger partial charge in [0.1, 0.15) is 0 Å². The molecule has 3 N–H and O–H groups in total. The molecule has 1 aromatic rings. The first-order valence-corrected chi connectivity index (χ1v) is 5.96. The standard InChI is InChI=1S/C10H16N2O2S/c1-3-12(4-2)8-5-6-9(11)10(7-8)15(13)14/h5-7H,3-4,11H2,1-2H3,(H,13,14). The summed E-state index contributed by atoms with van der Waals surface area (Å²) in [6.07, 6.45) is 0. The molecule has 0 spiro atoms. The molecule has 0 radical (unpaired) electrons. The number of nitrogens with zero attached hydrogens (tertiary/aromatic N) is 1. The summed E-state index contributed by atoms with van der Waals surface area (Å²) < 4.78 is 20.0. The van der Waals surface area contributed by atoms with Crippen molar-refractivity contribution in [1.29, 1.82) is 0 Å². The van der Waals surface area contributed by atoms with Crippen molar-refractivity contribution in [2.75, 3.05) is 23.7 Å². The number of anilines is 2. The lowest BCUT2D eigenvalue weighted by Gasteiger charge is -2.21. The number of nitrogens with two attached hydrogens (primary N) is 1. The zero-order valence-electron chi connectivity index (χ0n) is 8.93. The molecule has 1 atom stereocenters. The molecule has 0 aliphatic carbocycles. The van der Waals surface area contributed by atoms with E-state index in [0.717, 1.165) is 18.8 Å². The number of nitrogen functional groups attached to an aromatic ring is 1. The molecular formula is C10H16N2O2S. The maximum atomic E-state index is 11.0. The largest absolute Gasteiger partial charge is 0.398 e. The monoisotopic (exact) mass is 228 g/mol. The Morgan fingerprint density at radius 1 is 1.40 bits per heavy atom. The van der Waals surface area contributed by atoms with Crippen molar-refractivity contribution in [2.24, 2.45) is 0 Å². The molecular weight excluding hydrogens is 212 g/mol. The van der Waals surface area contributed by atoms with Crippen LogP contribution in [0.5, 0.6) is 0 Å². The highest BCUT2D eigenvalue weighted by Crippen LogP contribution is 2.23. The number of hydrogen-bond donors (Lipinski definition) is 2. The van der Waals surface area contributed by atoms with Gasteiger partial charge in [-0.25, -0.2) is 4.21 Å². The average Bonchev–Trinajstić information content (AvgIpc) is 2.21. The summed E-state index contributed by atoms with van der Waals surface area (Å²) in [4.78, 5) is 2.37. The smallest absolute Gasteiger partial charge is 0.188 e. The zero-order chi connectivity index (χ0) is 11.4. The van der Waals surface area contributed by atoms with Crippen LogP contribution >= 0.6 is 0 Å². The van der Waals surface area contributed by atoms with Gasteiger partial charge in [0, 0.05) is 18.8 Å². The van der Waals surface area contributed by atoms with E-state index in [4.69, 9.17) is 10.3 Å². The third kappa shape index (κ3) is 2.70. The molecule has 0 saturated heterocycles. The minimum absolute atomic E-state index is 0.277. The molecule has 0 amide bonds. The van der Waals surface area contributed by atoms with E-state index < -0.39 is 11.1 Å². The lowest BCUT2D eigenvalue weighted by atomic mass is 10.2. The molecule has 1 unspecified atom stereocenters. The van der Waals surface area contributed by atoms with Crippen molar-refractivity contribution in [3.05, 3.63) is 18.2 Å². The highest BCUT2D eigenvalue weighted by atomic mass is 32.2. The highest BCUT2D eigenvalue weighted by molar-refractivity contribution is 7.79. The summed E-state index contributed by atoms with van der Waals surface area (Å²) in [5.41, 5.74) is 6.88. The molecule has 15 heavy (non-hydrogen) atoms. The minimum atomic E-state index is -2.02. The fourth-order valence-electron chi connectivity index (χ4n) is 1.46. The maximum Gasteiger partial charge on any atom is 0.188 e. The third-order valence-electron chi connectivity index (χ3n) is 2.31. The number of rotatable bonds is 4. The van der Waals surface area contributed by atoms with Crippen LogP contribution in [0.1, 0.15) is 13.8 Å². The van der Waals surface area contributed by atoms with Gasteiger partial charge in [-0.1, -0.05) is 0 Å². The first kappa shape index (κ1) is 12.0. The van der Waals surface area contributed by atoms with Crippen molar-refractivity contribution in [3.63, 3.8) is 0 Å². The van der Waals surface area contributed by atoms with Crippen LogP contribution in [0.2, 0.25) is 0 Å². The molecule has 0 aliphatic rings. The van der Waals surface area contributed by atoms with Crippen LogP contribution in [0.4, 0.5) is 11.4 Å². The molecule has 0 heterocycles. The van der Waals surface area contributed by atoms with Crippen molar-refractivity contribution in [1.82, 2.24) is 0 Å². The second kappa shape index (κ2) is 5.14. The van der Waals surface area contributed by atoms with Crippen LogP contribution < -0.4 is 10.6 Å². The topological polar surface area (TPSA) is 66.6 Å². The Bertz CT molecular complexity index is 364. The van der Waals surface area contributed by atoms with E-state index in [2.05, 4.69) is 4.90 Å². The number of hydrogen-bond acceptors (Lipinski definition) is 3. The van der Waals surface area contributed by atoms with Gasteiger partial charge < -0.3 is 15.2 Å². The quantitative estimate of drug-likeness (QED) is 0.608. The van der Waals surface area contributed by atoms with E-state index in [1.54, 1.807) is 12.1 Å². The summed E-state index contributed by atoms with van der Waals surface area (Å²) in [5.74, 6) is 0. The van der Waals surface area contributed by atoms with Gasteiger partial charge >= 0.3 is 0 Å². The lowest BCUT2D eigenvalue weighted by Crippen LogP contribution is -2.22. The van der Waals surface area contributed by atoms with Gasteiger partial charge in [-0.2, -0.15) is 0 Å². The fraction of sp³-hybridized carbons (Fsp3) is 0.400. The second-order valence-electron chi connectivity index (χ2n) is 3.14. The molecule has 0 fully saturated rings. The first-order valence-electron chi connectivity index (χ1n) is 4.85. The molecule has 84 valence electrons. The highest BCUT2D eigenvalue weighted by Gasteiger charge is 2.09. The van der Waals surface area contributed by atoms with Crippen LogP contribution in [-0.2, 0) is 11.1 Å². The van der Waals surface area contributed by atoms with E-state index in [-0.39, 0.29) is 4.90 Å². The fourth-order valence-corrected chi connectivity index (χ4v) is 1.95. The SMILES string of the molecule is CCN(CC)c1ccc(N)c(S(=O)O)c1. The molecule has 1 rings (SSSR count). The molecule has 0 aromatic heterocycles. The summed E-state index contributed by atoms with van der Waals surface area (Å²) in [6.45, 7) is 5.79. The molecule has 0 aliphatic heterocycles. The van der Waals surface area contributed by atoms with Gasteiger partial charge in [-0.3, -0.25) is 0 Å². The average molecular weight is 228 g/mol. The normalized spacial score (nSPS) is 12.5. The Kier molecular flexibility index (Phi) is 4.11. The summed E-state index contributed by atoms with van der Waals surface area (Å²) in [7, 11) is 0. The zero-order valence-corrected chi connectivity index (χ0v) is 9.75. The van der Waals surface area contributed by atoms with Crippen LogP contribution in [0.25, 0.3) is 0 Å². The van der Waals surface area contributed by atoms with Crippen LogP contribution in [0, 0.1) is 0 Å². The van der Waals surface area contributed by atoms with Gasteiger partial charge in [0.25, 0.3) is 0 Å². The van der Waals surface area contributed by atoms with E-state index in [1.165, 1.54) is 0 Å². The Hall–Kier alpha value is -1.07. The van der Waals surface area contributed by atoms with Crippen molar-refractivity contribution >= 4 is 22.5 Å². The maximum absolute atomic E-state index is 11.0. The van der Waals surface area contributed by atoms with Crippen molar-refractivity contribution in [3.8, 4) is 0 Å². The number of benzene rings is 1. The molecule has 0 saturated carbocycles. The molecule has 1 aromatic carbocycles. The van der Waals surface area contributed by atoms with Crippen LogP contribution in [0.15, 0.2) is 23.1 Å². The molecule has 0 bridgehead atoms. The Morgan fingerprint density at radius 3 is 2.47 bits per heavy atom.